The fourth-order valence-corrected chi connectivity index (χ4v) is 3.50. The normalized spacial score (nSPS) is 29.3. The molecule has 0 bridgehead atoms. The first kappa shape index (κ1) is 14.8. The van der Waals surface area contributed by atoms with Crippen LogP contribution in [0.4, 0.5) is 0 Å². The van der Waals surface area contributed by atoms with Gasteiger partial charge < -0.3 is 15.1 Å². The fourth-order valence-electron chi connectivity index (χ4n) is 3.50. The Kier molecular flexibility index (Phi) is 4.85. The molecule has 1 N–H and O–H groups in total. The Morgan fingerprint density at radius 1 is 1.26 bits per heavy atom. The highest BCUT2D eigenvalue weighted by molar-refractivity contribution is 5.80. The lowest BCUT2D eigenvalue weighted by atomic mass is 9.87. The average molecular weight is 267 g/mol. The summed E-state index contributed by atoms with van der Waals surface area (Å²) in [5.41, 5.74) is 0. The van der Waals surface area contributed by atoms with E-state index >= 15 is 0 Å². The van der Waals surface area contributed by atoms with Crippen molar-refractivity contribution in [1.29, 1.82) is 0 Å². The molecule has 2 rings (SSSR count). The molecule has 0 aromatic rings. The number of carbonyl (C=O) groups excluding carboxylic acids is 1. The molecule has 2 atom stereocenters. The minimum absolute atomic E-state index is 0.233. The Bertz CT molecular complexity index is 313. The number of carbonyl (C=O) groups is 1. The summed E-state index contributed by atoms with van der Waals surface area (Å²) >= 11 is 0. The molecule has 2 fully saturated rings. The van der Waals surface area contributed by atoms with E-state index in [2.05, 4.69) is 31.1 Å². The van der Waals surface area contributed by atoms with E-state index in [0.29, 0.717) is 24.0 Å². The quantitative estimate of drug-likeness (QED) is 0.834. The van der Waals surface area contributed by atoms with Gasteiger partial charge in [0.2, 0.25) is 5.91 Å². The van der Waals surface area contributed by atoms with E-state index in [0.717, 1.165) is 19.5 Å². The van der Waals surface area contributed by atoms with Crippen LogP contribution in [0.5, 0.6) is 0 Å². The molecule has 19 heavy (non-hydrogen) atoms. The molecule has 0 aromatic heterocycles. The zero-order chi connectivity index (χ0) is 14.0. The lowest BCUT2D eigenvalue weighted by Crippen LogP contribution is -2.58. The Morgan fingerprint density at radius 2 is 1.89 bits per heavy atom. The van der Waals surface area contributed by atoms with Crippen molar-refractivity contribution in [2.75, 3.05) is 27.2 Å². The second-order valence-electron chi connectivity index (χ2n) is 6.65. The summed E-state index contributed by atoms with van der Waals surface area (Å²) in [6.45, 7) is 6.24. The van der Waals surface area contributed by atoms with Gasteiger partial charge in [-0.1, -0.05) is 26.7 Å². The highest BCUT2D eigenvalue weighted by Gasteiger charge is 2.37. The van der Waals surface area contributed by atoms with Gasteiger partial charge >= 0.3 is 0 Å². The molecule has 0 unspecified atom stereocenters. The first-order valence-electron chi connectivity index (χ1n) is 7.70. The van der Waals surface area contributed by atoms with E-state index in [9.17, 15) is 4.79 Å². The molecule has 0 spiro atoms. The number of nitrogens with one attached hydrogen (secondary N) is 1. The third-order valence-electron chi connectivity index (χ3n) is 4.54. The predicted octanol–water partition coefficient (Wildman–Crippen LogP) is 1.32. The van der Waals surface area contributed by atoms with Crippen LogP contribution < -0.4 is 5.32 Å². The van der Waals surface area contributed by atoms with Crippen LogP contribution in [0.3, 0.4) is 0 Å². The molecule has 110 valence electrons. The third-order valence-corrected chi connectivity index (χ3v) is 4.54. The van der Waals surface area contributed by atoms with E-state index in [4.69, 9.17) is 0 Å². The molecule has 1 amide bonds. The number of rotatable bonds is 4. The molecule has 0 aromatic carbocycles. The van der Waals surface area contributed by atoms with E-state index in [1.165, 1.54) is 19.3 Å². The zero-order valence-electron chi connectivity index (χ0n) is 12.9. The van der Waals surface area contributed by atoms with Gasteiger partial charge in [-0.25, -0.2) is 0 Å². The highest BCUT2D eigenvalue weighted by atomic mass is 16.2. The molecule has 2 aliphatic rings. The number of hydrogen-bond acceptors (Lipinski definition) is 3. The largest absolute Gasteiger partial charge is 0.341 e. The van der Waals surface area contributed by atoms with Crippen molar-refractivity contribution in [1.82, 2.24) is 15.1 Å². The Balaban J connectivity index is 1.94. The maximum absolute atomic E-state index is 12.5. The van der Waals surface area contributed by atoms with Crippen molar-refractivity contribution in [2.24, 2.45) is 5.92 Å². The van der Waals surface area contributed by atoms with E-state index in [1.807, 2.05) is 11.9 Å². The van der Waals surface area contributed by atoms with Gasteiger partial charge in [-0.3, -0.25) is 4.79 Å². The third kappa shape index (κ3) is 3.48. The molecule has 0 radical (unpaired) electrons. The Morgan fingerprint density at radius 3 is 2.47 bits per heavy atom. The van der Waals surface area contributed by atoms with Gasteiger partial charge in [0.15, 0.2) is 0 Å². The number of nitrogens with zero attached hydrogens (tertiary/aromatic N) is 2. The number of amides is 1. The SMILES string of the molecule is CC(C)N[C@H]1CCCC[C@@H]1N(C)C(=O)C1CN(C)C1. The summed E-state index contributed by atoms with van der Waals surface area (Å²) in [5.74, 6) is 0.581. The zero-order valence-corrected chi connectivity index (χ0v) is 12.9. The fraction of sp³-hybridized carbons (Fsp3) is 0.933. The minimum Gasteiger partial charge on any atom is -0.341 e. The van der Waals surface area contributed by atoms with Crippen LogP contribution in [0.15, 0.2) is 0 Å². The van der Waals surface area contributed by atoms with Crippen LogP contribution in [0.25, 0.3) is 0 Å². The highest BCUT2D eigenvalue weighted by Crippen LogP contribution is 2.25. The summed E-state index contributed by atoms with van der Waals surface area (Å²) in [6.07, 6.45) is 4.89. The number of likely N-dealkylation sites (tertiary alicyclic amines) is 1. The van der Waals surface area contributed by atoms with Gasteiger partial charge in [0, 0.05) is 38.3 Å². The summed E-state index contributed by atoms with van der Waals surface area (Å²) in [4.78, 5) is 16.7. The summed E-state index contributed by atoms with van der Waals surface area (Å²) in [5, 5.41) is 3.65. The molecule has 1 aliphatic heterocycles. The van der Waals surface area contributed by atoms with Crippen LogP contribution in [-0.4, -0.2) is 61.0 Å². The first-order chi connectivity index (χ1) is 8.99. The van der Waals surface area contributed by atoms with E-state index in [1.54, 1.807) is 0 Å². The van der Waals surface area contributed by atoms with Gasteiger partial charge in [0.05, 0.1) is 5.92 Å². The van der Waals surface area contributed by atoms with Crippen LogP contribution in [0.2, 0.25) is 0 Å². The molecule has 1 aliphatic carbocycles. The number of likely N-dealkylation sites (N-methyl/N-ethyl adjacent to an activating group) is 1. The van der Waals surface area contributed by atoms with Gasteiger partial charge in [-0.05, 0) is 19.9 Å². The summed E-state index contributed by atoms with van der Waals surface area (Å²) < 4.78 is 0. The Labute approximate surface area is 117 Å². The average Bonchev–Trinajstić information content (AvgIpc) is 2.33. The topological polar surface area (TPSA) is 35.6 Å². The standard InChI is InChI=1S/C15H29N3O/c1-11(2)16-13-7-5-6-8-14(13)18(4)15(19)12-9-17(3)10-12/h11-14,16H,5-10H2,1-4H3/t13-,14-/m0/s1. The smallest absolute Gasteiger partial charge is 0.228 e. The van der Waals surface area contributed by atoms with Crippen molar-refractivity contribution >= 4 is 5.91 Å². The van der Waals surface area contributed by atoms with E-state index < -0.39 is 0 Å². The van der Waals surface area contributed by atoms with Gasteiger partial charge in [0.25, 0.3) is 0 Å². The summed E-state index contributed by atoms with van der Waals surface area (Å²) in [6, 6.07) is 1.35. The van der Waals surface area contributed by atoms with Crippen molar-refractivity contribution in [2.45, 2.75) is 57.7 Å². The van der Waals surface area contributed by atoms with E-state index in [-0.39, 0.29) is 5.92 Å². The molecular formula is C15H29N3O. The first-order valence-corrected chi connectivity index (χ1v) is 7.70. The lowest BCUT2D eigenvalue weighted by Gasteiger charge is -2.43. The van der Waals surface area contributed by atoms with Crippen LogP contribution >= 0.6 is 0 Å². The molecule has 1 heterocycles. The van der Waals surface area contributed by atoms with Crippen molar-refractivity contribution < 1.29 is 4.79 Å². The molecule has 1 saturated carbocycles. The number of hydrogen-bond donors (Lipinski definition) is 1. The van der Waals surface area contributed by atoms with Gasteiger partial charge in [-0.2, -0.15) is 0 Å². The lowest BCUT2D eigenvalue weighted by molar-refractivity contribution is -0.142. The summed E-state index contributed by atoms with van der Waals surface area (Å²) in [7, 11) is 4.08. The molecule has 4 nitrogen and oxygen atoms in total. The van der Waals surface area contributed by atoms with Crippen molar-refractivity contribution in [3.05, 3.63) is 0 Å². The van der Waals surface area contributed by atoms with Gasteiger partial charge in [0.1, 0.15) is 0 Å². The van der Waals surface area contributed by atoms with Crippen molar-refractivity contribution in [3.8, 4) is 0 Å². The maximum atomic E-state index is 12.5. The minimum atomic E-state index is 0.233. The van der Waals surface area contributed by atoms with Crippen LogP contribution in [0.1, 0.15) is 39.5 Å². The van der Waals surface area contributed by atoms with Crippen LogP contribution in [0, 0.1) is 5.92 Å². The predicted molar refractivity (Wildman–Crippen MR) is 78.1 cm³/mol. The maximum Gasteiger partial charge on any atom is 0.228 e. The second kappa shape index (κ2) is 6.23. The molecular weight excluding hydrogens is 238 g/mol. The van der Waals surface area contributed by atoms with Gasteiger partial charge in [-0.15, -0.1) is 0 Å². The van der Waals surface area contributed by atoms with Crippen LogP contribution in [-0.2, 0) is 4.79 Å². The monoisotopic (exact) mass is 267 g/mol. The molecule has 1 saturated heterocycles. The van der Waals surface area contributed by atoms with Crippen molar-refractivity contribution in [3.63, 3.8) is 0 Å². The molecule has 4 heteroatoms. The second-order valence-corrected chi connectivity index (χ2v) is 6.65. The Hall–Kier alpha value is -0.610.